The second-order valence-corrected chi connectivity index (χ2v) is 6.50. The topological polar surface area (TPSA) is 54.4 Å². The van der Waals surface area contributed by atoms with Crippen LogP contribution in [0.15, 0.2) is 35.6 Å². The van der Waals surface area contributed by atoms with Crippen molar-refractivity contribution in [2.24, 2.45) is 11.0 Å². The molecule has 0 aliphatic heterocycles. The second-order valence-electron chi connectivity index (χ2n) is 5.36. The number of rotatable bonds is 3. The Morgan fingerprint density at radius 1 is 1.52 bits per heavy atom. The fourth-order valence-electron chi connectivity index (χ4n) is 2.48. The van der Waals surface area contributed by atoms with E-state index in [1.807, 2.05) is 24.3 Å². The van der Waals surface area contributed by atoms with Gasteiger partial charge in [0.25, 0.3) is 5.91 Å². The summed E-state index contributed by atoms with van der Waals surface area (Å²) in [6.45, 7) is 2.26. The molecule has 0 saturated heterocycles. The average molecular weight is 299 g/mol. The SMILES string of the molecule is C[C@@H]1CCc2sc(C(=O)N/N=C\c3ccccn3)cc2C1. The van der Waals surface area contributed by atoms with Crippen LogP contribution < -0.4 is 5.43 Å². The maximum Gasteiger partial charge on any atom is 0.281 e. The number of amides is 1. The van der Waals surface area contributed by atoms with E-state index in [9.17, 15) is 4.79 Å². The Balaban J connectivity index is 1.65. The third-order valence-corrected chi connectivity index (χ3v) is 4.84. The van der Waals surface area contributed by atoms with Gasteiger partial charge in [-0.15, -0.1) is 11.3 Å². The molecule has 0 bridgehead atoms. The molecule has 0 saturated carbocycles. The third-order valence-electron chi connectivity index (χ3n) is 3.60. The maximum atomic E-state index is 12.1. The van der Waals surface area contributed by atoms with Crippen molar-refractivity contribution in [2.75, 3.05) is 0 Å². The first kappa shape index (κ1) is 13.9. The molecule has 21 heavy (non-hydrogen) atoms. The zero-order valence-electron chi connectivity index (χ0n) is 11.9. The maximum absolute atomic E-state index is 12.1. The molecule has 108 valence electrons. The van der Waals surface area contributed by atoms with Crippen LogP contribution in [0.5, 0.6) is 0 Å². The minimum Gasteiger partial charge on any atom is -0.266 e. The molecule has 3 rings (SSSR count). The van der Waals surface area contributed by atoms with Crippen LogP contribution in [0.25, 0.3) is 0 Å². The van der Waals surface area contributed by atoms with Gasteiger partial charge in [0.1, 0.15) is 0 Å². The molecule has 1 aliphatic carbocycles. The predicted octanol–water partition coefficient (Wildman–Crippen LogP) is 3.03. The van der Waals surface area contributed by atoms with Gasteiger partial charge in [0.15, 0.2) is 0 Å². The van der Waals surface area contributed by atoms with Gasteiger partial charge in [-0.1, -0.05) is 13.0 Å². The molecule has 1 N–H and O–H groups in total. The minimum atomic E-state index is -0.144. The van der Waals surface area contributed by atoms with E-state index in [0.717, 1.165) is 23.4 Å². The summed E-state index contributed by atoms with van der Waals surface area (Å²) in [6, 6.07) is 7.57. The molecule has 5 heteroatoms. The highest BCUT2D eigenvalue weighted by Gasteiger charge is 2.20. The molecule has 2 aromatic rings. The van der Waals surface area contributed by atoms with Crippen molar-refractivity contribution in [3.63, 3.8) is 0 Å². The number of pyridine rings is 1. The Morgan fingerprint density at radius 2 is 2.43 bits per heavy atom. The number of aryl methyl sites for hydroxylation is 1. The lowest BCUT2D eigenvalue weighted by Gasteiger charge is -2.16. The van der Waals surface area contributed by atoms with Crippen molar-refractivity contribution in [1.82, 2.24) is 10.4 Å². The van der Waals surface area contributed by atoms with Gasteiger partial charge in [-0.25, -0.2) is 5.43 Å². The van der Waals surface area contributed by atoms with Crippen LogP contribution >= 0.6 is 11.3 Å². The first-order chi connectivity index (χ1) is 10.2. The fourth-order valence-corrected chi connectivity index (χ4v) is 3.58. The molecule has 1 aliphatic rings. The van der Waals surface area contributed by atoms with Gasteiger partial charge in [0.05, 0.1) is 16.8 Å². The van der Waals surface area contributed by atoms with E-state index in [0.29, 0.717) is 5.92 Å². The quantitative estimate of drug-likeness (QED) is 0.699. The number of aromatic nitrogens is 1. The summed E-state index contributed by atoms with van der Waals surface area (Å²) < 4.78 is 0. The van der Waals surface area contributed by atoms with Crippen LogP contribution in [0.2, 0.25) is 0 Å². The summed E-state index contributed by atoms with van der Waals surface area (Å²) in [5.74, 6) is 0.569. The van der Waals surface area contributed by atoms with Crippen LogP contribution in [-0.2, 0) is 12.8 Å². The Labute approximate surface area is 127 Å². The van der Waals surface area contributed by atoms with Crippen molar-refractivity contribution in [2.45, 2.75) is 26.2 Å². The van der Waals surface area contributed by atoms with E-state index < -0.39 is 0 Å². The highest BCUT2D eigenvalue weighted by atomic mass is 32.1. The van der Waals surface area contributed by atoms with Crippen molar-refractivity contribution in [3.8, 4) is 0 Å². The summed E-state index contributed by atoms with van der Waals surface area (Å²) in [7, 11) is 0. The van der Waals surface area contributed by atoms with Crippen molar-refractivity contribution < 1.29 is 4.79 Å². The van der Waals surface area contributed by atoms with Gasteiger partial charge < -0.3 is 0 Å². The lowest BCUT2D eigenvalue weighted by atomic mass is 9.90. The number of hydrogen-bond donors (Lipinski definition) is 1. The summed E-state index contributed by atoms with van der Waals surface area (Å²) in [5.41, 5.74) is 4.62. The number of carbonyl (C=O) groups is 1. The van der Waals surface area contributed by atoms with E-state index in [1.165, 1.54) is 16.9 Å². The van der Waals surface area contributed by atoms with Gasteiger partial charge in [0.2, 0.25) is 0 Å². The summed E-state index contributed by atoms with van der Waals surface area (Å²) in [6.07, 6.45) is 6.62. The van der Waals surface area contributed by atoms with E-state index in [1.54, 1.807) is 23.7 Å². The van der Waals surface area contributed by atoms with Crippen molar-refractivity contribution in [1.29, 1.82) is 0 Å². The zero-order chi connectivity index (χ0) is 14.7. The Bertz CT molecular complexity index is 663. The number of carbonyl (C=O) groups excluding carboxylic acids is 1. The molecule has 4 nitrogen and oxygen atoms in total. The van der Waals surface area contributed by atoms with E-state index in [2.05, 4.69) is 22.4 Å². The van der Waals surface area contributed by atoms with Crippen LogP contribution in [0, 0.1) is 5.92 Å². The molecule has 0 unspecified atom stereocenters. The molecule has 1 atom stereocenters. The van der Waals surface area contributed by atoms with Crippen molar-refractivity contribution >= 4 is 23.5 Å². The molecule has 2 aromatic heterocycles. The van der Waals surface area contributed by atoms with Gasteiger partial charge in [0, 0.05) is 11.1 Å². The number of nitrogens with zero attached hydrogens (tertiary/aromatic N) is 2. The largest absolute Gasteiger partial charge is 0.281 e. The zero-order valence-corrected chi connectivity index (χ0v) is 12.7. The third kappa shape index (κ3) is 3.36. The number of hydrazone groups is 1. The van der Waals surface area contributed by atoms with E-state index >= 15 is 0 Å². The fraction of sp³-hybridized carbons (Fsp3) is 0.312. The smallest absolute Gasteiger partial charge is 0.266 e. The van der Waals surface area contributed by atoms with Gasteiger partial charge in [-0.05, 0) is 48.9 Å². The Morgan fingerprint density at radius 3 is 3.24 bits per heavy atom. The normalized spacial score (nSPS) is 17.7. The summed E-state index contributed by atoms with van der Waals surface area (Å²) in [5, 5.41) is 3.96. The minimum absolute atomic E-state index is 0.144. The number of hydrogen-bond acceptors (Lipinski definition) is 4. The van der Waals surface area contributed by atoms with Crippen LogP contribution in [-0.4, -0.2) is 17.1 Å². The van der Waals surface area contributed by atoms with Crippen molar-refractivity contribution in [3.05, 3.63) is 51.5 Å². The molecular formula is C16H17N3OS. The molecule has 0 radical (unpaired) electrons. The first-order valence-corrected chi connectivity index (χ1v) is 7.90. The highest BCUT2D eigenvalue weighted by molar-refractivity contribution is 7.14. The standard InChI is InChI=1S/C16H17N3OS/c1-11-5-6-14-12(8-11)9-15(21-14)16(20)19-18-10-13-4-2-3-7-17-13/h2-4,7,9-11H,5-6,8H2,1H3,(H,19,20)/b18-10-/t11-/m1/s1. The van der Waals surface area contributed by atoms with Crippen LogP contribution in [0.3, 0.4) is 0 Å². The number of fused-ring (bicyclic) bond motifs is 1. The molecule has 2 heterocycles. The lowest BCUT2D eigenvalue weighted by Crippen LogP contribution is -2.16. The number of thiophene rings is 1. The molecule has 0 fully saturated rings. The number of nitrogens with one attached hydrogen (secondary N) is 1. The van der Waals surface area contributed by atoms with Gasteiger partial charge in [-0.3, -0.25) is 9.78 Å². The predicted molar refractivity (Wildman–Crippen MR) is 84.8 cm³/mol. The molecule has 0 aromatic carbocycles. The Kier molecular flexibility index (Phi) is 4.10. The van der Waals surface area contributed by atoms with Gasteiger partial charge >= 0.3 is 0 Å². The monoisotopic (exact) mass is 299 g/mol. The summed E-state index contributed by atoms with van der Waals surface area (Å²) in [4.78, 5) is 18.3. The highest BCUT2D eigenvalue weighted by Crippen LogP contribution is 2.32. The van der Waals surface area contributed by atoms with Gasteiger partial charge in [-0.2, -0.15) is 5.10 Å². The Hall–Kier alpha value is -2.01. The van der Waals surface area contributed by atoms with E-state index in [4.69, 9.17) is 0 Å². The lowest BCUT2D eigenvalue weighted by molar-refractivity contribution is 0.0959. The summed E-state index contributed by atoms with van der Waals surface area (Å²) >= 11 is 1.59. The average Bonchev–Trinajstić information content (AvgIpc) is 2.91. The van der Waals surface area contributed by atoms with E-state index in [-0.39, 0.29) is 5.91 Å². The molecular weight excluding hydrogens is 282 g/mol. The molecule has 0 spiro atoms. The second kappa shape index (κ2) is 6.18. The van der Waals surface area contributed by atoms with Crippen LogP contribution in [0.1, 0.15) is 39.2 Å². The first-order valence-electron chi connectivity index (χ1n) is 7.08. The van der Waals surface area contributed by atoms with Crippen LogP contribution in [0.4, 0.5) is 0 Å². The molecule has 1 amide bonds.